The Morgan fingerprint density at radius 3 is 2.93 bits per heavy atom. The van der Waals surface area contributed by atoms with Gasteiger partial charge in [0.1, 0.15) is 12.4 Å². The van der Waals surface area contributed by atoms with E-state index in [1.54, 1.807) is 10.8 Å². The molecule has 1 heterocycles. The predicted octanol–water partition coefficient (Wildman–Crippen LogP) is 1.95. The van der Waals surface area contributed by atoms with Crippen LogP contribution in [0.1, 0.15) is 38.8 Å². The highest BCUT2D eigenvalue weighted by Gasteiger charge is 2.11. The third-order valence-corrected chi connectivity index (χ3v) is 2.30. The lowest BCUT2D eigenvalue weighted by Crippen LogP contribution is -2.37. The molecule has 0 spiro atoms. The zero-order valence-corrected chi connectivity index (χ0v) is 8.76. The van der Waals surface area contributed by atoms with Crippen LogP contribution in [0.15, 0.2) is 25.3 Å². The number of rotatable bonds is 6. The second-order valence-electron chi connectivity index (χ2n) is 3.47. The lowest BCUT2D eigenvalue weighted by atomic mass is 10.2. The number of hydrogen-bond acceptors (Lipinski definition) is 1. The van der Waals surface area contributed by atoms with Crippen LogP contribution in [0.4, 0.5) is 0 Å². The molecule has 0 aromatic carbocycles. The molecule has 0 saturated carbocycles. The molecule has 14 heavy (non-hydrogen) atoms. The van der Waals surface area contributed by atoms with Crippen molar-refractivity contribution in [3.8, 4) is 0 Å². The average molecular weight is 195 g/mol. The van der Waals surface area contributed by atoms with E-state index in [4.69, 9.17) is 0 Å². The van der Waals surface area contributed by atoms with Crippen LogP contribution in [0, 0.1) is 0 Å². The highest BCUT2D eigenvalue weighted by Crippen LogP contribution is 2.06. The topological polar surface area (TPSA) is 29.0 Å². The molecule has 0 fully saturated rings. The summed E-state index contributed by atoms with van der Waals surface area (Å²) in [5.41, 5.74) is 0. The Balaban J connectivity index is 2.43. The van der Waals surface area contributed by atoms with Crippen LogP contribution in [0.2, 0.25) is 0 Å². The molecule has 0 radical (unpaired) electrons. The Kier molecular flexibility index (Phi) is 4.40. The first-order chi connectivity index (χ1) is 6.77. The highest BCUT2D eigenvalue weighted by molar-refractivity contribution is 5.13. The lowest BCUT2D eigenvalue weighted by Gasteiger charge is -2.05. The van der Waals surface area contributed by atoms with E-state index in [2.05, 4.69) is 13.5 Å². The molecule has 1 unspecified atom stereocenters. The van der Waals surface area contributed by atoms with Gasteiger partial charge < -0.3 is 5.11 Å². The molecular weight excluding hydrogens is 176 g/mol. The van der Waals surface area contributed by atoms with Crippen molar-refractivity contribution in [2.75, 3.05) is 0 Å². The van der Waals surface area contributed by atoms with Crippen LogP contribution >= 0.6 is 0 Å². The Morgan fingerprint density at radius 1 is 1.57 bits per heavy atom. The monoisotopic (exact) mass is 195 g/mol. The molecule has 0 saturated heterocycles. The maximum absolute atomic E-state index is 9.77. The van der Waals surface area contributed by atoms with Gasteiger partial charge in [0.25, 0.3) is 6.33 Å². The third-order valence-electron chi connectivity index (χ3n) is 2.30. The van der Waals surface area contributed by atoms with Crippen LogP contribution in [-0.2, 0) is 0 Å². The molecule has 1 aromatic rings. The molecule has 0 aliphatic carbocycles. The van der Waals surface area contributed by atoms with Crippen LogP contribution in [-0.4, -0.2) is 9.67 Å². The Hall–Kier alpha value is -1.09. The zero-order chi connectivity index (χ0) is 10.4. The number of imidazole rings is 1. The van der Waals surface area contributed by atoms with Crippen molar-refractivity contribution in [3.63, 3.8) is 0 Å². The summed E-state index contributed by atoms with van der Waals surface area (Å²) < 4.78 is 3.63. The second-order valence-corrected chi connectivity index (χ2v) is 3.47. The highest BCUT2D eigenvalue weighted by atomic mass is 16.3. The maximum Gasteiger partial charge on any atom is 0.250 e. The molecule has 0 amide bonds. The summed E-state index contributed by atoms with van der Waals surface area (Å²) in [7, 11) is 0. The number of nitrogens with zero attached hydrogens (tertiary/aromatic N) is 2. The molecule has 78 valence electrons. The van der Waals surface area contributed by atoms with E-state index in [0.29, 0.717) is 0 Å². The van der Waals surface area contributed by atoms with Gasteiger partial charge in [-0.25, -0.2) is 9.13 Å². The molecule has 1 atom stereocenters. The van der Waals surface area contributed by atoms with Gasteiger partial charge in [-0.1, -0.05) is 26.3 Å². The first-order valence-electron chi connectivity index (χ1n) is 5.16. The standard InChI is InChI=1S/C11H19N2O/c1-3-5-6-7-11(14)13-9-8-12(4-2)10-13/h4,8-11,14H,2-3,5-7H2,1H3/q+1. The summed E-state index contributed by atoms with van der Waals surface area (Å²) in [4.78, 5) is 0. The van der Waals surface area contributed by atoms with Gasteiger partial charge in [-0.15, -0.1) is 0 Å². The van der Waals surface area contributed by atoms with Crippen molar-refractivity contribution < 1.29 is 9.67 Å². The second kappa shape index (κ2) is 5.60. The molecule has 1 rings (SSSR count). The van der Waals surface area contributed by atoms with Gasteiger partial charge in [0, 0.05) is 6.42 Å². The van der Waals surface area contributed by atoms with Crippen LogP contribution in [0.5, 0.6) is 0 Å². The van der Waals surface area contributed by atoms with E-state index in [1.807, 2.05) is 23.3 Å². The van der Waals surface area contributed by atoms with Crippen molar-refractivity contribution >= 4 is 6.20 Å². The summed E-state index contributed by atoms with van der Waals surface area (Å²) in [5.74, 6) is 0. The number of unbranched alkanes of at least 4 members (excludes halogenated alkanes) is 2. The number of hydrogen-bond donors (Lipinski definition) is 1. The van der Waals surface area contributed by atoms with Crippen LogP contribution in [0.25, 0.3) is 6.20 Å². The average Bonchev–Trinajstić information content (AvgIpc) is 2.66. The van der Waals surface area contributed by atoms with Gasteiger partial charge in [0.2, 0.25) is 0 Å². The first-order valence-corrected chi connectivity index (χ1v) is 5.16. The minimum atomic E-state index is -0.400. The van der Waals surface area contributed by atoms with Gasteiger partial charge in [-0.2, -0.15) is 0 Å². The van der Waals surface area contributed by atoms with E-state index in [0.717, 1.165) is 12.8 Å². The molecule has 0 aliphatic heterocycles. The zero-order valence-electron chi connectivity index (χ0n) is 8.76. The fourth-order valence-corrected chi connectivity index (χ4v) is 1.40. The summed E-state index contributed by atoms with van der Waals surface area (Å²) in [6.45, 7) is 5.81. The minimum Gasteiger partial charge on any atom is -0.355 e. The number of aromatic nitrogens is 2. The maximum atomic E-state index is 9.77. The Labute approximate surface area is 85.3 Å². The fraction of sp³-hybridized carbons (Fsp3) is 0.545. The first kappa shape index (κ1) is 11.0. The van der Waals surface area contributed by atoms with Gasteiger partial charge in [0.05, 0.1) is 6.20 Å². The van der Waals surface area contributed by atoms with Crippen molar-refractivity contribution in [3.05, 3.63) is 25.3 Å². The summed E-state index contributed by atoms with van der Waals surface area (Å²) in [6, 6.07) is 0. The predicted molar refractivity (Wildman–Crippen MR) is 56.4 cm³/mol. The van der Waals surface area contributed by atoms with E-state index in [-0.39, 0.29) is 0 Å². The number of aliphatic hydroxyl groups excluding tert-OH is 1. The lowest BCUT2D eigenvalue weighted by molar-refractivity contribution is -0.759. The van der Waals surface area contributed by atoms with E-state index < -0.39 is 6.23 Å². The van der Waals surface area contributed by atoms with Gasteiger partial charge >= 0.3 is 0 Å². The van der Waals surface area contributed by atoms with Crippen LogP contribution in [0.3, 0.4) is 0 Å². The van der Waals surface area contributed by atoms with Crippen molar-refractivity contribution in [1.82, 2.24) is 4.57 Å². The molecule has 0 bridgehead atoms. The minimum absolute atomic E-state index is 0.400. The van der Waals surface area contributed by atoms with Crippen molar-refractivity contribution in [2.24, 2.45) is 0 Å². The third kappa shape index (κ3) is 3.00. The van der Waals surface area contributed by atoms with E-state index >= 15 is 0 Å². The van der Waals surface area contributed by atoms with E-state index in [9.17, 15) is 5.11 Å². The molecule has 1 aromatic heterocycles. The quantitative estimate of drug-likeness (QED) is 0.545. The van der Waals surface area contributed by atoms with Crippen molar-refractivity contribution in [1.29, 1.82) is 0 Å². The van der Waals surface area contributed by atoms with E-state index in [1.165, 1.54) is 12.8 Å². The number of aliphatic hydroxyl groups is 1. The Bertz CT molecular complexity index is 281. The molecule has 3 nitrogen and oxygen atoms in total. The molecule has 1 N–H and O–H groups in total. The van der Waals surface area contributed by atoms with Gasteiger partial charge in [0.15, 0.2) is 6.23 Å². The normalized spacial score (nSPS) is 12.7. The summed E-state index contributed by atoms with van der Waals surface area (Å²) in [5, 5.41) is 9.77. The molecular formula is C11H19N2O+. The Morgan fingerprint density at radius 2 is 2.36 bits per heavy atom. The largest absolute Gasteiger partial charge is 0.355 e. The van der Waals surface area contributed by atoms with Gasteiger partial charge in [-0.3, -0.25) is 0 Å². The van der Waals surface area contributed by atoms with Crippen molar-refractivity contribution in [2.45, 2.75) is 38.8 Å². The smallest absolute Gasteiger partial charge is 0.250 e. The van der Waals surface area contributed by atoms with Gasteiger partial charge in [-0.05, 0) is 6.42 Å². The summed E-state index contributed by atoms with van der Waals surface area (Å²) >= 11 is 0. The molecule has 3 heteroatoms. The fourth-order valence-electron chi connectivity index (χ4n) is 1.40. The SMILES string of the molecule is C=Cn1cc[n+](C(O)CCCCC)c1. The van der Waals surface area contributed by atoms with Crippen LogP contribution < -0.4 is 4.57 Å². The molecule has 0 aliphatic rings. The summed E-state index contributed by atoms with van der Waals surface area (Å²) in [6.07, 6.45) is 11.1.